The highest BCUT2D eigenvalue weighted by atomic mass is 16.3. The van der Waals surface area contributed by atoms with Gasteiger partial charge in [-0.05, 0) is 29.8 Å². The van der Waals surface area contributed by atoms with Crippen molar-refractivity contribution >= 4 is 23.7 Å². The molecule has 126 valence electrons. The van der Waals surface area contributed by atoms with Gasteiger partial charge >= 0.3 is 0 Å². The molecule has 0 amide bonds. The fraction of sp³-hybridized carbons (Fsp3) is 0.0556. The summed E-state index contributed by atoms with van der Waals surface area (Å²) < 4.78 is 0. The van der Waals surface area contributed by atoms with Crippen LogP contribution < -0.4 is 11.1 Å². The van der Waals surface area contributed by atoms with E-state index in [1.54, 1.807) is 55.1 Å². The summed E-state index contributed by atoms with van der Waals surface area (Å²) in [5, 5.41) is 27.4. The summed E-state index contributed by atoms with van der Waals surface area (Å²) in [6.45, 7) is 0. The lowest BCUT2D eigenvalue weighted by Gasteiger charge is -2.14. The molecule has 0 saturated heterocycles. The Morgan fingerprint density at radius 1 is 1.28 bits per heavy atom. The van der Waals surface area contributed by atoms with Crippen LogP contribution in [0.1, 0.15) is 11.1 Å². The van der Waals surface area contributed by atoms with E-state index in [2.05, 4.69) is 20.5 Å². The molecule has 0 bridgehead atoms. The van der Waals surface area contributed by atoms with E-state index < -0.39 is 6.23 Å². The number of hydrogen-bond acceptors (Lipinski definition) is 6. The van der Waals surface area contributed by atoms with Crippen molar-refractivity contribution in [3.8, 4) is 11.1 Å². The van der Waals surface area contributed by atoms with E-state index in [9.17, 15) is 5.11 Å². The molecule has 0 aliphatic heterocycles. The van der Waals surface area contributed by atoms with Crippen molar-refractivity contribution in [1.29, 1.82) is 5.41 Å². The number of nitrogens with one attached hydrogen (secondary N) is 3. The molecule has 2 aromatic heterocycles. The van der Waals surface area contributed by atoms with Crippen molar-refractivity contribution in [2.24, 2.45) is 0 Å². The van der Waals surface area contributed by atoms with Crippen LogP contribution >= 0.6 is 0 Å². The maximum Gasteiger partial charge on any atom is 0.144 e. The number of aliphatic hydroxyl groups is 1. The van der Waals surface area contributed by atoms with Gasteiger partial charge in [-0.25, -0.2) is 0 Å². The first-order valence-corrected chi connectivity index (χ1v) is 7.64. The third-order valence-electron chi connectivity index (χ3n) is 3.71. The fourth-order valence-corrected chi connectivity index (χ4v) is 2.47. The van der Waals surface area contributed by atoms with Gasteiger partial charge in [0.25, 0.3) is 0 Å². The second-order valence-corrected chi connectivity index (χ2v) is 5.35. The van der Waals surface area contributed by atoms with Gasteiger partial charge in [-0.1, -0.05) is 12.1 Å². The van der Waals surface area contributed by atoms with Gasteiger partial charge in [0.2, 0.25) is 0 Å². The zero-order valence-electron chi connectivity index (χ0n) is 13.3. The minimum Gasteiger partial charge on any atom is -0.398 e. The van der Waals surface area contributed by atoms with Crippen LogP contribution in [-0.4, -0.2) is 32.7 Å². The summed E-state index contributed by atoms with van der Waals surface area (Å²) in [7, 11) is 0. The van der Waals surface area contributed by atoms with Gasteiger partial charge in [0.15, 0.2) is 0 Å². The average Bonchev–Trinajstić information content (AvgIpc) is 3.15. The van der Waals surface area contributed by atoms with Crippen molar-refractivity contribution in [3.05, 3.63) is 66.3 Å². The molecular formula is C18H18N6O. The number of anilines is 2. The van der Waals surface area contributed by atoms with E-state index in [0.717, 1.165) is 22.9 Å². The predicted molar refractivity (Wildman–Crippen MR) is 99.2 cm³/mol. The van der Waals surface area contributed by atoms with E-state index in [4.69, 9.17) is 11.1 Å². The Kier molecular flexibility index (Phi) is 4.87. The number of hydrogen-bond donors (Lipinski definition) is 5. The standard InChI is InChI=1S/C18H18N6O/c19-8-15-16(20)2-1-3-17(15)24-18(25)5-4-12-9-21-7-6-14(12)13-10-22-23-11-13/h1-11,18-19,24-25H,20H2,(H,22,23)/b5-4+,19-8?. The minimum atomic E-state index is -0.946. The van der Waals surface area contributed by atoms with Crippen LogP contribution in [0.25, 0.3) is 17.2 Å². The average molecular weight is 334 g/mol. The first kappa shape index (κ1) is 16.4. The molecule has 0 aliphatic rings. The Bertz CT molecular complexity index is 888. The van der Waals surface area contributed by atoms with Gasteiger partial charge in [0.05, 0.1) is 6.20 Å². The Morgan fingerprint density at radius 3 is 2.92 bits per heavy atom. The first-order chi connectivity index (χ1) is 12.2. The summed E-state index contributed by atoms with van der Waals surface area (Å²) in [5.74, 6) is 0. The number of aliphatic hydroxyl groups excluding tert-OH is 1. The van der Waals surface area contributed by atoms with Crippen LogP contribution in [0.5, 0.6) is 0 Å². The van der Waals surface area contributed by atoms with Crippen LogP contribution in [0.15, 0.2) is 55.1 Å². The van der Waals surface area contributed by atoms with E-state index in [1.165, 1.54) is 0 Å². The van der Waals surface area contributed by atoms with Crippen LogP contribution in [0, 0.1) is 5.41 Å². The lowest BCUT2D eigenvalue weighted by atomic mass is 10.0. The zero-order chi connectivity index (χ0) is 17.6. The van der Waals surface area contributed by atoms with E-state index in [-0.39, 0.29) is 0 Å². The summed E-state index contributed by atoms with van der Waals surface area (Å²) >= 11 is 0. The fourth-order valence-electron chi connectivity index (χ4n) is 2.47. The minimum absolute atomic E-state index is 0.477. The number of benzene rings is 1. The van der Waals surface area contributed by atoms with Gasteiger partial charge in [0, 0.05) is 52.9 Å². The van der Waals surface area contributed by atoms with E-state index >= 15 is 0 Å². The van der Waals surface area contributed by atoms with Crippen LogP contribution in [0.3, 0.4) is 0 Å². The first-order valence-electron chi connectivity index (χ1n) is 7.64. The Morgan fingerprint density at radius 2 is 2.16 bits per heavy atom. The van der Waals surface area contributed by atoms with Crippen molar-refractivity contribution in [3.63, 3.8) is 0 Å². The van der Waals surface area contributed by atoms with Crippen LogP contribution in [0.4, 0.5) is 11.4 Å². The molecule has 7 heteroatoms. The number of nitrogen functional groups attached to an aromatic ring is 1. The Hall–Kier alpha value is -3.45. The third kappa shape index (κ3) is 3.73. The maximum atomic E-state index is 10.2. The molecule has 0 saturated carbocycles. The molecule has 3 rings (SSSR count). The van der Waals surface area contributed by atoms with E-state index in [1.807, 2.05) is 6.07 Å². The Labute approximate surface area is 144 Å². The highest BCUT2D eigenvalue weighted by molar-refractivity contribution is 5.92. The van der Waals surface area contributed by atoms with E-state index in [0.29, 0.717) is 16.9 Å². The SMILES string of the molecule is N=Cc1c(N)cccc1NC(O)/C=C/c1cnccc1-c1cn[nH]c1. The number of aromatic nitrogens is 3. The molecular weight excluding hydrogens is 316 g/mol. The summed E-state index contributed by atoms with van der Waals surface area (Å²) in [6, 6.07) is 7.12. The molecule has 2 heterocycles. The molecule has 7 nitrogen and oxygen atoms in total. The largest absolute Gasteiger partial charge is 0.398 e. The smallest absolute Gasteiger partial charge is 0.144 e. The summed E-state index contributed by atoms with van der Waals surface area (Å²) in [4.78, 5) is 4.13. The molecule has 1 atom stereocenters. The summed E-state index contributed by atoms with van der Waals surface area (Å²) in [6.07, 6.45) is 10.5. The maximum absolute atomic E-state index is 10.2. The highest BCUT2D eigenvalue weighted by Crippen LogP contribution is 2.23. The van der Waals surface area contributed by atoms with Gasteiger partial charge in [-0.2, -0.15) is 5.10 Å². The highest BCUT2D eigenvalue weighted by Gasteiger charge is 2.08. The molecule has 1 aromatic carbocycles. The molecule has 0 radical (unpaired) electrons. The molecule has 0 fully saturated rings. The van der Waals surface area contributed by atoms with Crippen molar-refractivity contribution in [1.82, 2.24) is 15.2 Å². The van der Waals surface area contributed by atoms with Crippen molar-refractivity contribution in [2.45, 2.75) is 6.23 Å². The number of nitrogens with two attached hydrogens (primary N) is 1. The molecule has 6 N–H and O–H groups in total. The van der Waals surface area contributed by atoms with Gasteiger partial charge in [-0.3, -0.25) is 10.1 Å². The zero-order valence-corrected chi connectivity index (χ0v) is 13.3. The van der Waals surface area contributed by atoms with Gasteiger partial charge in [0.1, 0.15) is 6.23 Å². The van der Waals surface area contributed by atoms with Crippen LogP contribution in [0.2, 0.25) is 0 Å². The summed E-state index contributed by atoms with van der Waals surface area (Å²) in [5.41, 5.74) is 10.2. The third-order valence-corrected chi connectivity index (χ3v) is 3.71. The second kappa shape index (κ2) is 7.41. The van der Waals surface area contributed by atoms with Gasteiger partial charge in [-0.15, -0.1) is 0 Å². The number of nitrogens with zero attached hydrogens (tertiary/aromatic N) is 2. The monoisotopic (exact) mass is 334 g/mol. The number of rotatable bonds is 6. The molecule has 0 aliphatic carbocycles. The molecule has 0 spiro atoms. The lowest BCUT2D eigenvalue weighted by Crippen LogP contribution is -2.17. The topological polar surface area (TPSA) is 124 Å². The quantitative estimate of drug-likeness (QED) is 0.269. The molecule has 1 unspecified atom stereocenters. The predicted octanol–water partition coefficient (Wildman–Crippen LogP) is 2.50. The second-order valence-electron chi connectivity index (χ2n) is 5.35. The van der Waals surface area contributed by atoms with Gasteiger partial charge < -0.3 is 21.6 Å². The number of pyridine rings is 1. The van der Waals surface area contributed by atoms with Crippen molar-refractivity contribution < 1.29 is 5.11 Å². The van der Waals surface area contributed by atoms with Crippen LogP contribution in [-0.2, 0) is 0 Å². The molecule has 25 heavy (non-hydrogen) atoms. The number of H-pyrrole nitrogens is 1. The molecule has 3 aromatic rings. The van der Waals surface area contributed by atoms with Crippen molar-refractivity contribution in [2.75, 3.05) is 11.1 Å². The number of aromatic amines is 1. The normalized spacial score (nSPS) is 12.2. The lowest BCUT2D eigenvalue weighted by molar-refractivity contribution is 0.253. The Balaban J connectivity index is 1.79.